The molecule has 0 aliphatic carbocycles. The first kappa shape index (κ1) is 11.1. The van der Waals surface area contributed by atoms with Crippen LogP contribution in [0.15, 0.2) is 24.8 Å². The first-order chi connectivity index (χ1) is 6.33. The third-order valence-corrected chi connectivity index (χ3v) is 2.98. The van der Waals surface area contributed by atoms with E-state index in [0.717, 1.165) is 0 Å². The van der Waals surface area contributed by atoms with E-state index in [-0.39, 0.29) is 5.78 Å². The van der Waals surface area contributed by atoms with E-state index < -0.39 is 17.3 Å². The minimum Gasteiger partial charge on any atom is -0.365 e. The second-order valence-corrected chi connectivity index (χ2v) is 4.19. The third kappa shape index (κ3) is 1.53. The molecule has 1 rings (SSSR count). The summed E-state index contributed by atoms with van der Waals surface area (Å²) in [6.07, 6.45) is 3.34. The highest BCUT2D eigenvalue weighted by atomic mass is 16.6. The van der Waals surface area contributed by atoms with Crippen LogP contribution in [0.2, 0.25) is 0 Å². The molecule has 1 aliphatic heterocycles. The highest BCUT2D eigenvalue weighted by molar-refractivity contribution is 5.98. The SMILES string of the molecule is C=CC(C)(C)C1(C)OC(O)C=CC1=O. The van der Waals surface area contributed by atoms with Crippen molar-refractivity contribution in [2.75, 3.05) is 0 Å². The van der Waals surface area contributed by atoms with Crippen molar-refractivity contribution in [2.24, 2.45) is 5.41 Å². The standard InChI is InChI=1S/C11H16O3/c1-5-10(2,3)11(4)8(12)6-7-9(13)14-11/h5-7,9,13H,1H2,2-4H3. The van der Waals surface area contributed by atoms with E-state index in [1.807, 2.05) is 13.8 Å². The zero-order valence-electron chi connectivity index (χ0n) is 8.78. The maximum Gasteiger partial charge on any atom is 0.188 e. The average Bonchev–Trinajstić information content (AvgIpc) is 2.11. The van der Waals surface area contributed by atoms with Gasteiger partial charge in [0.05, 0.1) is 0 Å². The van der Waals surface area contributed by atoms with Gasteiger partial charge < -0.3 is 9.84 Å². The van der Waals surface area contributed by atoms with Gasteiger partial charge in [0, 0.05) is 5.41 Å². The monoisotopic (exact) mass is 196 g/mol. The van der Waals surface area contributed by atoms with Crippen molar-refractivity contribution in [2.45, 2.75) is 32.7 Å². The lowest BCUT2D eigenvalue weighted by Crippen LogP contribution is -2.53. The Labute approximate surface area is 84.1 Å². The summed E-state index contributed by atoms with van der Waals surface area (Å²) in [5.74, 6) is -0.146. The van der Waals surface area contributed by atoms with E-state index in [0.29, 0.717) is 0 Å². The van der Waals surface area contributed by atoms with Crippen molar-refractivity contribution in [3.8, 4) is 0 Å². The molecule has 2 atom stereocenters. The van der Waals surface area contributed by atoms with E-state index >= 15 is 0 Å². The Hall–Kier alpha value is -0.930. The first-order valence-electron chi connectivity index (χ1n) is 4.55. The van der Waals surface area contributed by atoms with Gasteiger partial charge in [0.15, 0.2) is 12.1 Å². The first-order valence-corrected chi connectivity index (χ1v) is 4.55. The number of aliphatic hydroxyl groups excluding tert-OH is 1. The van der Waals surface area contributed by atoms with Crippen LogP contribution >= 0.6 is 0 Å². The Kier molecular flexibility index (Phi) is 2.65. The van der Waals surface area contributed by atoms with Crippen molar-refractivity contribution < 1.29 is 14.6 Å². The molecule has 1 aliphatic rings. The van der Waals surface area contributed by atoms with Gasteiger partial charge in [-0.05, 0) is 19.1 Å². The second-order valence-electron chi connectivity index (χ2n) is 4.19. The molecule has 0 spiro atoms. The number of aliphatic hydroxyl groups is 1. The zero-order chi connectivity index (χ0) is 11.0. The molecule has 0 aromatic heterocycles. The fourth-order valence-electron chi connectivity index (χ4n) is 1.33. The topological polar surface area (TPSA) is 46.5 Å². The number of ketones is 1. The van der Waals surface area contributed by atoms with Gasteiger partial charge in [0.1, 0.15) is 5.60 Å². The molecule has 0 aromatic rings. The van der Waals surface area contributed by atoms with Crippen molar-refractivity contribution in [1.29, 1.82) is 0 Å². The van der Waals surface area contributed by atoms with Gasteiger partial charge in [-0.25, -0.2) is 0 Å². The molecule has 3 heteroatoms. The summed E-state index contributed by atoms with van der Waals surface area (Å²) in [5, 5.41) is 9.33. The van der Waals surface area contributed by atoms with E-state index in [1.54, 1.807) is 13.0 Å². The Bertz CT molecular complexity index is 291. The van der Waals surface area contributed by atoms with E-state index in [2.05, 4.69) is 6.58 Å². The van der Waals surface area contributed by atoms with Crippen molar-refractivity contribution >= 4 is 5.78 Å². The van der Waals surface area contributed by atoms with Crippen LogP contribution in [0.3, 0.4) is 0 Å². The third-order valence-electron chi connectivity index (χ3n) is 2.98. The van der Waals surface area contributed by atoms with Gasteiger partial charge >= 0.3 is 0 Å². The second kappa shape index (κ2) is 3.33. The van der Waals surface area contributed by atoms with Crippen LogP contribution < -0.4 is 0 Å². The summed E-state index contributed by atoms with van der Waals surface area (Å²) < 4.78 is 5.29. The molecular weight excluding hydrogens is 180 g/mol. The molecule has 78 valence electrons. The molecule has 0 aromatic carbocycles. The summed E-state index contributed by atoms with van der Waals surface area (Å²) in [7, 11) is 0. The van der Waals surface area contributed by atoms with Gasteiger partial charge in [0.2, 0.25) is 0 Å². The number of hydrogen-bond acceptors (Lipinski definition) is 3. The predicted octanol–water partition coefficient (Wildman–Crippen LogP) is 1.43. The molecule has 0 bridgehead atoms. The predicted molar refractivity (Wildman–Crippen MR) is 53.6 cm³/mol. The molecule has 0 radical (unpaired) electrons. The maximum atomic E-state index is 11.7. The molecule has 2 unspecified atom stereocenters. The molecule has 1 heterocycles. The molecule has 0 saturated carbocycles. The lowest BCUT2D eigenvalue weighted by molar-refractivity contribution is -0.195. The number of ether oxygens (including phenoxy) is 1. The minimum atomic E-state index is -1.04. The van der Waals surface area contributed by atoms with Gasteiger partial charge in [-0.2, -0.15) is 0 Å². The fourth-order valence-corrected chi connectivity index (χ4v) is 1.33. The lowest BCUT2D eigenvalue weighted by atomic mass is 9.72. The highest BCUT2D eigenvalue weighted by Crippen LogP contribution is 2.38. The summed E-state index contributed by atoms with van der Waals surface area (Å²) in [5.41, 5.74) is -1.56. The van der Waals surface area contributed by atoms with Crippen LogP contribution in [-0.4, -0.2) is 22.8 Å². The lowest BCUT2D eigenvalue weighted by Gasteiger charge is -2.42. The number of carbonyl (C=O) groups is 1. The molecular formula is C11H16O3. The van der Waals surface area contributed by atoms with E-state index in [4.69, 9.17) is 4.74 Å². The van der Waals surface area contributed by atoms with Crippen molar-refractivity contribution in [1.82, 2.24) is 0 Å². The van der Waals surface area contributed by atoms with Gasteiger partial charge in [-0.1, -0.05) is 19.9 Å². The largest absolute Gasteiger partial charge is 0.365 e. The summed E-state index contributed by atoms with van der Waals surface area (Å²) in [6, 6.07) is 0. The smallest absolute Gasteiger partial charge is 0.188 e. The molecule has 3 nitrogen and oxygen atoms in total. The Morgan fingerprint density at radius 2 is 2.29 bits per heavy atom. The van der Waals surface area contributed by atoms with Crippen LogP contribution in [0.4, 0.5) is 0 Å². The number of carbonyl (C=O) groups excluding carboxylic acids is 1. The van der Waals surface area contributed by atoms with Crippen molar-refractivity contribution in [3.63, 3.8) is 0 Å². The number of hydrogen-bond donors (Lipinski definition) is 1. The normalized spacial score (nSPS) is 33.1. The van der Waals surface area contributed by atoms with Crippen LogP contribution in [0, 0.1) is 5.41 Å². The van der Waals surface area contributed by atoms with Crippen LogP contribution in [0.1, 0.15) is 20.8 Å². The van der Waals surface area contributed by atoms with E-state index in [9.17, 15) is 9.90 Å². The van der Waals surface area contributed by atoms with Crippen LogP contribution in [0.5, 0.6) is 0 Å². The molecule has 1 N–H and O–H groups in total. The van der Waals surface area contributed by atoms with Crippen LogP contribution in [-0.2, 0) is 9.53 Å². The van der Waals surface area contributed by atoms with Crippen LogP contribution in [0.25, 0.3) is 0 Å². The molecule has 0 amide bonds. The average molecular weight is 196 g/mol. The summed E-state index contributed by atoms with van der Waals surface area (Å²) in [6.45, 7) is 9.05. The summed E-state index contributed by atoms with van der Waals surface area (Å²) >= 11 is 0. The zero-order valence-corrected chi connectivity index (χ0v) is 8.78. The quantitative estimate of drug-likeness (QED) is 0.680. The highest BCUT2D eigenvalue weighted by Gasteiger charge is 2.48. The molecule has 14 heavy (non-hydrogen) atoms. The van der Waals surface area contributed by atoms with E-state index in [1.165, 1.54) is 12.2 Å². The molecule has 0 fully saturated rings. The van der Waals surface area contributed by atoms with Gasteiger partial charge in [-0.3, -0.25) is 4.79 Å². The Morgan fingerprint density at radius 1 is 1.71 bits per heavy atom. The fraction of sp³-hybridized carbons (Fsp3) is 0.545. The Morgan fingerprint density at radius 3 is 2.79 bits per heavy atom. The van der Waals surface area contributed by atoms with Gasteiger partial charge in [0.25, 0.3) is 0 Å². The van der Waals surface area contributed by atoms with Crippen molar-refractivity contribution in [3.05, 3.63) is 24.8 Å². The molecule has 0 saturated heterocycles. The minimum absolute atomic E-state index is 0.146. The maximum absolute atomic E-state index is 11.7. The Balaban J connectivity index is 3.11. The number of rotatable bonds is 2. The van der Waals surface area contributed by atoms with Gasteiger partial charge in [-0.15, -0.1) is 6.58 Å². The summed E-state index contributed by atoms with van der Waals surface area (Å²) in [4.78, 5) is 11.7.